The van der Waals surface area contributed by atoms with E-state index in [0.29, 0.717) is 43.5 Å². The van der Waals surface area contributed by atoms with Crippen molar-refractivity contribution in [3.05, 3.63) is 101 Å². The van der Waals surface area contributed by atoms with Gasteiger partial charge in [-0.2, -0.15) is 5.10 Å². The molecule has 0 aliphatic heterocycles. The molecule has 0 fully saturated rings. The molecule has 0 unspecified atom stereocenters. The molecule has 2 heterocycles. The van der Waals surface area contributed by atoms with Crippen molar-refractivity contribution in [1.29, 1.82) is 0 Å². The number of nitrogens with zero attached hydrogens (tertiary/aromatic N) is 4. The Labute approximate surface area is 208 Å². The second-order valence-electron chi connectivity index (χ2n) is 8.62. The highest BCUT2D eigenvalue weighted by Gasteiger charge is 2.12. The molecule has 0 aliphatic rings. The molecule has 5 rings (SSSR count). The van der Waals surface area contributed by atoms with Crippen LogP contribution in [0.1, 0.15) is 17.5 Å². The van der Waals surface area contributed by atoms with Crippen molar-refractivity contribution in [3.63, 3.8) is 0 Å². The molecule has 36 heavy (non-hydrogen) atoms. The van der Waals surface area contributed by atoms with Crippen LogP contribution in [0.3, 0.4) is 0 Å². The van der Waals surface area contributed by atoms with Gasteiger partial charge in [-0.25, -0.2) is 9.67 Å². The van der Waals surface area contributed by atoms with Crippen LogP contribution in [0, 0.1) is 0 Å². The Bertz CT molecular complexity index is 1570. The highest BCUT2D eigenvalue weighted by atomic mass is 16.5. The van der Waals surface area contributed by atoms with Gasteiger partial charge in [0.15, 0.2) is 5.65 Å². The molecule has 1 N–H and O–H groups in total. The lowest BCUT2D eigenvalue weighted by molar-refractivity contribution is -0.121. The first-order valence-electron chi connectivity index (χ1n) is 11.9. The van der Waals surface area contributed by atoms with E-state index in [1.807, 2.05) is 48.5 Å². The second-order valence-corrected chi connectivity index (χ2v) is 8.62. The molecular weight excluding hydrogens is 454 g/mol. The average molecular weight is 482 g/mol. The van der Waals surface area contributed by atoms with Crippen LogP contribution in [-0.2, 0) is 24.3 Å². The van der Waals surface area contributed by atoms with Crippen LogP contribution in [0.5, 0.6) is 5.75 Å². The SMILES string of the molecule is COc1ccc(CCC(=O)NCCn2ncc3c(=O)n(Cc4cccc5ccccc45)cnc32)cc1. The number of hydrogen-bond acceptors (Lipinski definition) is 5. The topological polar surface area (TPSA) is 91.0 Å². The lowest BCUT2D eigenvalue weighted by atomic mass is 10.0. The average Bonchev–Trinajstić information content (AvgIpc) is 3.33. The predicted octanol–water partition coefficient (Wildman–Crippen LogP) is 3.55. The third kappa shape index (κ3) is 4.98. The first-order chi connectivity index (χ1) is 17.6. The fourth-order valence-corrected chi connectivity index (χ4v) is 4.33. The Morgan fingerprint density at radius 1 is 1.00 bits per heavy atom. The van der Waals surface area contributed by atoms with Gasteiger partial charge in [0, 0.05) is 13.0 Å². The molecule has 0 saturated carbocycles. The van der Waals surface area contributed by atoms with E-state index in [1.54, 1.807) is 28.9 Å². The Morgan fingerprint density at radius 3 is 2.64 bits per heavy atom. The van der Waals surface area contributed by atoms with Crippen molar-refractivity contribution in [1.82, 2.24) is 24.6 Å². The van der Waals surface area contributed by atoms with Crippen LogP contribution in [0.25, 0.3) is 21.8 Å². The molecule has 8 heteroatoms. The van der Waals surface area contributed by atoms with Gasteiger partial charge in [0.1, 0.15) is 17.5 Å². The van der Waals surface area contributed by atoms with Crippen LogP contribution < -0.4 is 15.6 Å². The van der Waals surface area contributed by atoms with Crippen LogP contribution in [-0.4, -0.2) is 38.9 Å². The largest absolute Gasteiger partial charge is 0.497 e. The molecule has 1 amide bonds. The predicted molar refractivity (Wildman–Crippen MR) is 139 cm³/mol. The van der Waals surface area contributed by atoms with Gasteiger partial charge in [0.05, 0.1) is 26.4 Å². The number of amides is 1. The number of carbonyl (C=O) groups is 1. The van der Waals surface area contributed by atoms with Crippen molar-refractivity contribution < 1.29 is 9.53 Å². The minimum atomic E-state index is -0.136. The summed E-state index contributed by atoms with van der Waals surface area (Å²) in [4.78, 5) is 29.9. The summed E-state index contributed by atoms with van der Waals surface area (Å²) in [6.45, 7) is 1.26. The summed E-state index contributed by atoms with van der Waals surface area (Å²) in [6.07, 6.45) is 4.16. The normalized spacial score (nSPS) is 11.1. The van der Waals surface area contributed by atoms with Gasteiger partial charge < -0.3 is 10.1 Å². The molecule has 5 aromatic rings. The molecule has 0 bridgehead atoms. The molecule has 8 nitrogen and oxygen atoms in total. The summed E-state index contributed by atoms with van der Waals surface area (Å²) in [6, 6.07) is 21.9. The van der Waals surface area contributed by atoms with Crippen molar-refractivity contribution in [3.8, 4) is 5.75 Å². The maximum absolute atomic E-state index is 13.1. The maximum Gasteiger partial charge on any atom is 0.264 e. The van der Waals surface area contributed by atoms with E-state index >= 15 is 0 Å². The first-order valence-corrected chi connectivity index (χ1v) is 11.9. The third-order valence-corrected chi connectivity index (χ3v) is 6.29. The monoisotopic (exact) mass is 481 g/mol. The summed E-state index contributed by atoms with van der Waals surface area (Å²) in [7, 11) is 1.63. The number of nitrogens with one attached hydrogen (secondary N) is 1. The van der Waals surface area contributed by atoms with Gasteiger partial charge in [0.2, 0.25) is 5.91 Å². The second kappa shape index (κ2) is 10.4. The summed E-state index contributed by atoms with van der Waals surface area (Å²) in [5.41, 5.74) is 2.51. The van der Waals surface area contributed by atoms with E-state index in [0.717, 1.165) is 27.6 Å². The quantitative estimate of drug-likeness (QED) is 0.348. The summed E-state index contributed by atoms with van der Waals surface area (Å²) in [5, 5.41) is 9.97. The number of hydrogen-bond donors (Lipinski definition) is 1. The fraction of sp³-hybridized carbons (Fsp3) is 0.214. The van der Waals surface area contributed by atoms with Crippen LogP contribution in [0.2, 0.25) is 0 Å². The molecule has 0 radical (unpaired) electrons. The standard InChI is InChI=1S/C28H27N5O3/c1-36-23-12-9-20(10-13-23)11-14-26(34)29-15-16-33-27-25(17-31-33)28(35)32(19-30-27)18-22-7-4-6-21-5-2-3-8-24(21)22/h2-10,12-13,17,19H,11,14-16,18H2,1H3,(H,29,34). The minimum Gasteiger partial charge on any atom is -0.497 e. The molecule has 182 valence electrons. The van der Waals surface area contributed by atoms with Gasteiger partial charge in [-0.1, -0.05) is 54.6 Å². The van der Waals surface area contributed by atoms with Crippen molar-refractivity contribution in [2.45, 2.75) is 25.9 Å². The van der Waals surface area contributed by atoms with E-state index in [9.17, 15) is 9.59 Å². The smallest absolute Gasteiger partial charge is 0.264 e. The molecule has 2 aromatic heterocycles. The van der Waals surface area contributed by atoms with Gasteiger partial charge in [-0.05, 0) is 40.5 Å². The maximum atomic E-state index is 13.1. The highest BCUT2D eigenvalue weighted by Crippen LogP contribution is 2.19. The Hall–Kier alpha value is -4.46. The number of methoxy groups -OCH3 is 1. The summed E-state index contributed by atoms with van der Waals surface area (Å²) in [5.74, 6) is 0.760. The minimum absolute atomic E-state index is 0.0346. The Balaban J connectivity index is 1.21. The number of fused-ring (bicyclic) bond motifs is 2. The van der Waals surface area contributed by atoms with Gasteiger partial charge in [0.25, 0.3) is 5.56 Å². The lowest BCUT2D eigenvalue weighted by Crippen LogP contribution is -2.28. The molecular formula is C28H27N5O3. The van der Waals surface area contributed by atoms with Gasteiger partial charge in [-0.3, -0.25) is 14.2 Å². The van der Waals surface area contributed by atoms with E-state index in [-0.39, 0.29) is 11.5 Å². The van der Waals surface area contributed by atoms with Crippen LogP contribution in [0.15, 0.2) is 84.0 Å². The van der Waals surface area contributed by atoms with Crippen molar-refractivity contribution >= 4 is 27.7 Å². The molecule has 3 aromatic carbocycles. The zero-order valence-corrected chi connectivity index (χ0v) is 20.1. The van der Waals surface area contributed by atoms with Gasteiger partial charge in [-0.15, -0.1) is 0 Å². The number of aryl methyl sites for hydroxylation is 1. The first kappa shape index (κ1) is 23.3. The van der Waals surface area contributed by atoms with Crippen molar-refractivity contribution in [2.24, 2.45) is 0 Å². The van der Waals surface area contributed by atoms with E-state index in [1.165, 1.54) is 0 Å². The van der Waals surface area contributed by atoms with Gasteiger partial charge >= 0.3 is 0 Å². The van der Waals surface area contributed by atoms with Crippen LogP contribution in [0.4, 0.5) is 0 Å². The zero-order chi connectivity index (χ0) is 24.9. The molecule has 0 atom stereocenters. The zero-order valence-electron chi connectivity index (χ0n) is 20.1. The highest BCUT2D eigenvalue weighted by molar-refractivity contribution is 5.85. The lowest BCUT2D eigenvalue weighted by Gasteiger charge is -2.09. The van der Waals surface area contributed by atoms with E-state index < -0.39 is 0 Å². The van der Waals surface area contributed by atoms with E-state index in [2.05, 4.69) is 33.6 Å². The molecule has 0 spiro atoms. The third-order valence-electron chi connectivity index (χ3n) is 6.29. The Kier molecular flexibility index (Phi) is 6.75. The number of benzene rings is 3. The fourth-order valence-electron chi connectivity index (χ4n) is 4.33. The number of aromatic nitrogens is 4. The van der Waals surface area contributed by atoms with Crippen LogP contribution >= 0.6 is 0 Å². The number of rotatable bonds is 9. The summed E-state index contributed by atoms with van der Waals surface area (Å²) < 4.78 is 8.42. The van der Waals surface area contributed by atoms with Crippen molar-refractivity contribution in [2.75, 3.05) is 13.7 Å². The molecule has 0 saturated heterocycles. The number of ether oxygens (including phenoxy) is 1. The Morgan fingerprint density at radius 2 is 1.81 bits per heavy atom. The molecule has 0 aliphatic carbocycles. The number of carbonyl (C=O) groups excluding carboxylic acids is 1. The summed E-state index contributed by atoms with van der Waals surface area (Å²) >= 11 is 0. The van der Waals surface area contributed by atoms with E-state index in [4.69, 9.17) is 4.74 Å².